The summed E-state index contributed by atoms with van der Waals surface area (Å²) in [6.07, 6.45) is 1.92. The summed E-state index contributed by atoms with van der Waals surface area (Å²) in [6.45, 7) is 4.47. The van der Waals surface area contributed by atoms with E-state index in [2.05, 4.69) is 42.3 Å². The van der Waals surface area contributed by atoms with Gasteiger partial charge in [-0.2, -0.15) is 0 Å². The van der Waals surface area contributed by atoms with Gasteiger partial charge in [-0.1, -0.05) is 68.4 Å². The largest absolute Gasteiger partial charge is 0.467 e. The van der Waals surface area contributed by atoms with Crippen LogP contribution in [0.4, 0.5) is 10.5 Å². The van der Waals surface area contributed by atoms with Gasteiger partial charge in [0.2, 0.25) is 0 Å². The Balaban J connectivity index is 1.30. The molecule has 0 bridgehead atoms. The third kappa shape index (κ3) is 4.10. The maximum absolute atomic E-state index is 14.3. The van der Waals surface area contributed by atoms with Gasteiger partial charge >= 0.3 is 6.03 Å². The molecule has 2 N–H and O–H groups in total. The zero-order valence-corrected chi connectivity index (χ0v) is 23.3. The van der Waals surface area contributed by atoms with Crippen molar-refractivity contribution in [2.45, 2.75) is 44.8 Å². The number of aromatic amines is 1. The highest BCUT2D eigenvalue weighted by Gasteiger charge is 2.53. The summed E-state index contributed by atoms with van der Waals surface area (Å²) < 4.78 is 5.33. The summed E-state index contributed by atoms with van der Waals surface area (Å²) in [4.78, 5) is 48.2. The van der Waals surface area contributed by atoms with Gasteiger partial charge in [0.25, 0.3) is 11.8 Å². The van der Waals surface area contributed by atoms with Crippen LogP contribution >= 0.6 is 0 Å². The lowest BCUT2D eigenvalue weighted by Crippen LogP contribution is -2.44. The first kappa shape index (κ1) is 25.8. The molecule has 42 heavy (non-hydrogen) atoms. The zero-order chi connectivity index (χ0) is 29.0. The lowest BCUT2D eigenvalue weighted by atomic mass is 9.88. The number of anilines is 1. The number of H-pyrrole nitrogens is 1. The Bertz CT molecular complexity index is 1820. The maximum atomic E-state index is 14.3. The van der Waals surface area contributed by atoms with Crippen LogP contribution in [0, 0.1) is 0 Å². The van der Waals surface area contributed by atoms with Gasteiger partial charge < -0.3 is 14.7 Å². The number of benzene rings is 3. The monoisotopic (exact) mass is 558 g/mol. The van der Waals surface area contributed by atoms with E-state index < -0.39 is 24.0 Å². The Hall–Kier alpha value is -5.11. The number of rotatable bonds is 6. The number of hydrogen-bond acceptors (Lipinski definition) is 4. The fourth-order valence-corrected chi connectivity index (χ4v) is 6.24. The molecular formula is C34H30N4O4. The van der Waals surface area contributed by atoms with Crippen LogP contribution < -0.4 is 10.2 Å². The number of fused-ring (bicyclic) bond motifs is 4. The number of amides is 4. The SMILES string of the molecule is CC(C)c1ccc(C2c3[nH]c4ccccc4c3C[C@H]3C(=O)N(c4ccccc4C(=O)NCc4ccco4)C(=O)N23)cc1. The maximum Gasteiger partial charge on any atom is 0.332 e. The fourth-order valence-electron chi connectivity index (χ4n) is 6.24. The van der Waals surface area contributed by atoms with Crippen molar-refractivity contribution in [2.24, 2.45) is 0 Å². The molecular weight excluding hydrogens is 528 g/mol. The van der Waals surface area contributed by atoms with Crippen LogP contribution in [0.15, 0.2) is 95.6 Å². The van der Waals surface area contributed by atoms with Crippen molar-refractivity contribution in [2.75, 3.05) is 4.90 Å². The van der Waals surface area contributed by atoms with Crippen LogP contribution in [-0.4, -0.2) is 33.8 Å². The molecule has 5 aromatic rings. The molecule has 2 aromatic heterocycles. The van der Waals surface area contributed by atoms with E-state index in [1.165, 1.54) is 10.5 Å². The van der Waals surface area contributed by atoms with Crippen LogP contribution in [0.25, 0.3) is 10.9 Å². The Morgan fingerprint density at radius 1 is 0.976 bits per heavy atom. The average molecular weight is 559 g/mol. The molecule has 0 aliphatic carbocycles. The number of nitrogens with zero attached hydrogens (tertiary/aromatic N) is 2. The summed E-state index contributed by atoms with van der Waals surface area (Å²) in [5.41, 5.74) is 5.55. The highest BCUT2D eigenvalue weighted by molar-refractivity contribution is 6.24. The number of nitrogens with one attached hydrogen (secondary N) is 2. The number of furan rings is 1. The molecule has 7 rings (SSSR count). The van der Waals surface area contributed by atoms with Gasteiger partial charge in [-0.3, -0.25) is 14.5 Å². The molecule has 2 aliphatic heterocycles. The number of para-hydroxylation sites is 2. The topological polar surface area (TPSA) is 98.6 Å². The number of urea groups is 1. The van der Waals surface area contributed by atoms with Crippen molar-refractivity contribution in [1.29, 1.82) is 0 Å². The van der Waals surface area contributed by atoms with E-state index >= 15 is 0 Å². The van der Waals surface area contributed by atoms with E-state index in [0.29, 0.717) is 18.1 Å². The quantitative estimate of drug-likeness (QED) is 0.239. The number of imide groups is 1. The number of carbonyl (C=O) groups excluding carboxylic acids is 3. The van der Waals surface area contributed by atoms with E-state index in [0.717, 1.165) is 27.7 Å². The van der Waals surface area contributed by atoms with Gasteiger partial charge in [-0.15, -0.1) is 0 Å². The molecule has 1 saturated heterocycles. The van der Waals surface area contributed by atoms with E-state index in [1.807, 2.05) is 30.3 Å². The molecule has 210 valence electrons. The van der Waals surface area contributed by atoms with Crippen molar-refractivity contribution in [3.8, 4) is 0 Å². The van der Waals surface area contributed by atoms with Crippen molar-refractivity contribution in [3.63, 3.8) is 0 Å². The second-order valence-electron chi connectivity index (χ2n) is 11.1. The molecule has 8 nitrogen and oxygen atoms in total. The second kappa shape index (κ2) is 10.1. The van der Waals surface area contributed by atoms with Gasteiger partial charge in [0.05, 0.1) is 24.1 Å². The molecule has 4 heterocycles. The van der Waals surface area contributed by atoms with Gasteiger partial charge in [-0.05, 0) is 52.9 Å². The molecule has 1 unspecified atom stereocenters. The summed E-state index contributed by atoms with van der Waals surface area (Å²) in [6, 6.07) is 24.9. The first-order valence-electron chi connectivity index (χ1n) is 14.2. The molecule has 0 spiro atoms. The molecule has 8 heteroatoms. The third-order valence-electron chi connectivity index (χ3n) is 8.36. The third-order valence-corrected chi connectivity index (χ3v) is 8.36. The number of aromatic nitrogens is 1. The highest BCUT2D eigenvalue weighted by Crippen LogP contribution is 2.45. The first-order valence-corrected chi connectivity index (χ1v) is 14.2. The van der Waals surface area contributed by atoms with Crippen LogP contribution in [0.5, 0.6) is 0 Å². The van der Waals surface area contributed by atoms with Crippen molar-refractivity contribution in [3.05, 3.63) is 125 Å². The number of carbonyl (C=O) groups is 3. The fraction of sp³-hybridized carbons (Fsp3) is 0.206. The summed E-state index contributed by atoms with van der Waals surface area (Å²) in [5, 5.41) is 3.88. The van der Waals surface area contributed by atoms with E-state index in [4.69, 9.17) is 4.42 Å². The van der Waals surface area contributed by atoms with Gasteiger partial charge in [-0.25, -0.2) is 9.69 Å². The molecule has 4 amide bonds. The second-order valence-corrected chi connectivity index (χ2v) is 11.1. The Labute approximate surface area is 242 Å². The molecule has 0 saturated carbocycles. The first-order chi connectivity index (χ1) is 20.4. The predicted octanol–water partition coefficient (Wildman–Crippen LogP) is 6.30. The zero-order valence-electron chi connectivity index (χ0n) is 23.3. The molecule has 1 fully saturated rings. The van der Waals surface area contributed by atoms with Gasteiger partial charge in [0.1, 0.15) is 17.8 Å². The normalized spacial score (nSPS) is 18.1. The molecule has 2 aliphatic rings. The van der Waals surface area contributed by atoms with Gasteiger partial charge in [0, 0.05) is 23.0 Å². The predicted molar refractivity (Wildman–Crippen MR) is 159 cm³/mol. The molecule has 2 atom stereocenters. The van der Waals surface area contributed by atoms with Crippen LogP contribution in [0.2, 0.25) is 0 Å². The summed E-state index contributed by atoms with van der Waals surface area (Å²) in [7, 11) is 0. The lowest BCUT2D eigenvalue weighted by molar-refractivity contribution is -0.120. The smallest absolute Gasteiger partial charge is 0.332 e. The van der Waals surface area contributed by atoms with E-state index in [-0.39, 0.29) is 23.7 Å². The number of hydrogen-bond donors (Lipinski definition) is 2. The standard InChI is InChI=1S/C34H30N4O4/c1-20(2)21-13-15-22(16-14-21)31-30-26(24-9-3-5-11-27(24)36-30)18-29-33(40)38(34(41)37(29)31)28-12-6-4-10-25(28)32(39)35-19-23-8-7-17-42-23/h3-17,20,29,31,36H,18-19H2,1-2H3,(H,35,39)/t29-,31?/m0/s1. The van der Waals surface area contributed by atoms with Crippen LogP contribution in [-0.2, 0) is 17.8 Å². The van der Waals surface area contributed by atoms with Crippen LogP contribution in [0.3, 0.4) is 0 Å². The molecule has 3 aromatic carbocycles. The van der Waals surface area contributed by atoms with E-state index in [1.54, 1.807) is 47.6 Å². The highest BCUT2D eigenvalue weighted by atomic mass is 16.3. The molecule has 0 radical (unpaired) electrons. The average Bonchev–Trinajstić information content (AvgIpc) is 3.72. The Morgan fingerprint density at radius 3 is 2.50 bits per heavy atom. The summed E-state index contributed by atoms with van der Waals surface area (Å²) >= 11 is 0. The lowest BCUT2D eigenvalue weighted by Gasteiger charge is -2.36. The minimum atomic E-state index is -0.710. The van der Waals surface area contributed by atoms with Crippen molar-refractivity contribution in [1.82, 2.24) is 15.2 Å². The van der Waals surface area contributed by atoms with Crippen LogP contribution in [0.1, 0.15) is 64.3 Å². The minimum absolute atomic E-state index is 0.187. The van der Waals surface area contributed by atoms with E-state index in [9.17, 15) is 14.4 Å². The summed E-state index contributed by atoms with van der Waals surface area (Å²) in [5.74, 6) is 0.226. The van der Waals surface area contributed by atoms with Crippen molar-refractivity contribution < 1.29 is 18.8 Å². The Morgan fingerprint density at radius 2 is 1.74 bits per heavy atom. The Kier molecular flexibility index (Phi) is 6.19. The van der Waals surface area contributed by atoms with Gasteiger partial charge in [0.15, 0.2) is 0 Å². The minimum Gasteiger partial charge on any atom is -0.467 e. The van der Waals surface area contributed by atoms with Crippen molar-refractivity contribution >= 4 is 34.4 Å².